The Labute approximate surface area is 238 Å². The number of β-lactam (4-membered cyclic amide) rings is 1. The van der Waals surface area contributed by atoms with Crippen molar-refractivity contribution in [3.8, 4) is 0 Å². The van der Waals surface area contributed by atoms with Crippen LogP contribution in [0.25, 0.3) is 0 Å². The molecule has 0 aromatic carbocycles. The molecule has 0 unspecified atom stereocenters. The molecule has 18 nitrogen and oxygen atoms in total. The summed E-state index contributed by atoms with van der Waals surface area (Å²) in [6.07, 6.45) is 2.19. The van der Waals surface area contributed by atoms with Crippen LogP contribution in [0.3, 0.4) is 0 Å². The Balaban J connectivity index is 1.50. The number of amides is 2. The number of anilines is 1. The Morgan fingerprint density at radius 1 is 1.34 bits per heavy atom. The van der Waals surface area contributed by atoms with Gasteiger partial charge in [-0.1, -0.05) is 10.4 Å². The van der Waals surface area contributed by atoms with E-state index in [-0.39, 0.29) is 21.7 Å². The number of carboxylic acid groups (broad SMARTS) is 1. The molecule has 2 saturated heterocycles. The van der Waals surface area contributed by atoms with E-state index in [1.165, 1.54) is 23.9 Å². The highest BCUT2D eigenvalue weighted by atomic mass is 32.2. The molecule has 4 heterocycles. The van der Waals surface area contributed by atoms with Crippen LogP contribution < -0.4 is 16.4 Å². The lowest BCUT2D eigenvalue weighted by molar-refractivity contribution is -0.161. The maximum atomic E-state index is 13.2. The Morgan fingerprint density at radius 2 is 2.05 bits per heavy atom. The van der Waals surface area contributed by atoms with Crippen molar-refractivity contribution in [2.75, 3.05) is 38.5 Å². The molecule has 2 atom stereocenters. The van der Waals surface area contributed by atoms with Gasteiger partial charge in [0.25, 0.3) is 11.8 Å². The van der Waals surface area contributed by atoms with Crippen LogP contribution >= 0.6 is 11.3 Å². The zero-order valence-electron chi connectivity index (χ0n) is 22.1. The Morgan fingerprint density at radius 3 is 2.66 bits per heavy atom. The highest BCUT2D eigenvalue weighted by molar-refractivity contribution is 7.84. The maximum Gasteiger partial charge on any atom is 0.362 e. The third kappa shape index (κ3) is 7.14. The minimum Gasteiger partial charge on any atom is -0.478 e. The van der Waals surface area contributed by atoms with Crippen LogP contribution in [0, 0.1) is 0 Å². The van der Waals surface area contributed by atoms with Crippen LogP contribution in [0.1, 0.15) is 25.2 Å². The van der Waals surface area contributed by atoms with E-state index in [1.54, 1.807) is 6.20 Å². The summed E-state index contributed by atoms with van der Waals surface area (Å²) < 4.78 is 35.1. The third-order valence-electron chi connectivity index (χ3n) is 6.42. The molecule has 0 radical (unpaired) electrons. The molecule has 0 bridgehead atoms. The largest absolute Gasteiger partial charge is 0.478 e. The van der Waals surface area contributed by atoms with E-state index in [0.29, 0.717) is 12.1 Å². The first-order chi connectivity index (χ1) is 19.3. The molecule has 2 aliphatic heterocycles. The van der Waals surface area contributed by atoms with Gasteiger partial charge < -0.3 is 31.2 Å². The van der Waals surface area contributed by atoms with Crippen molar-refractivity contribution in [2.24, 2.45) is 5.16 Å². The van der Waals surface area contributed by atoms with Crippen molar-refractivity contribution < 1.29 is 37.3 Å². The number of aliphatic carboxylic acids is 1. The fourth-order valence-electron chi connectivity index (χ4n) is 4.09. The topological polar surface area (TPSA) is 248 Å². The van der Waals surface area contributed by atoms with Crippen molar-refractivity contribution in [1.82, 2.24) is 39.8 Å². The summed E-state index contributed by atoms with van der Waals surface area (Å²) in [6.45, 7) is 6.53. The van der Waals surface area contributed by atoms with E-state index in [9.17, 15) is 32.5 Å². The number of piperazine rings is 1. The van der Waals surface area contributed by atoms with Gasteiger partial charge in [0.05, 0.1) is 18.3 Å². The second kappa shape index (κ2) is 12.0. The van der Waals surface area contributed by atoms with Crippen molar-refractivity contribution in [1.29, 1.82) is 0 Å². The molecule has 2 amide bonds. The minimum atomic E-state index is -4.97. The van der Waals surface area contributed by atoms with Crippen LogP contribution in [-0.2, 0) is 42.5 Å². The standard InChI is InChI=1S/C21H30N10O8S2/c1-21(2,19(34)35)39-27-15(13-11-40-20(22)24-13)17(32)25-16-14(31(18(16)33)41(36,37)38)10-30-9-12(26-28-30)3-6-29-7-4-23-5-8-29/h9,11,14,16,23H,3-8,10H2,1-2H3,(H2,22,24)(H,25,32)(H,34,35)(H,36,37,38)/t14-,16-/m0/s1. The molecular weight excluding hydrogens is 584 g/mol. The van der Waals surface area contributed by atoms with E-state index < -0.39 is 51.5 Å². The molecule has 6 N–H and O–H groups in total. The molecule has 0 spiro atoms. The number of carboxylic acids is 1. The van der Waals surface area contributed by atoms with Crippen LogP contribution in [0.15, 0.2) is 16.7 Å². The highest BCUT2D eigenvalue weighted by Gasteiger charge is 2.54. The summed E-state index contributed by atoms with van der Waals surface area (Å²) in [6, 6.07) is -2.69. The van der Waals surface area contributed by atoms with Crippen molar-refractivity contribution in [3.63, 3.8) is 0 Å². The zero-order valence-corrected chi connectivity index (χ0v) is 23.8. The third-order valence-corrected chi connectivity index (χ3v) is 8.04. The SMILES string of the molecule is CC(C)(ON=C(C(=O)N[C@@H]1C(=O)N(S(=O)(=O)O)[C@H]1Cn1cc(CCN2CCNCC2)nn1)c1csc(N)n1)C(=O)O. The van der Waals surface area contributed by atoms with E-state index in [0.717, 1.165) is 44.1 Å². The summed E-state index contributed by atoms with van der Waals surface area (Å²) in [5, 5.41) is 28.2. The lowest BCUT2D eigenvalue weighted by Crippen LogP contribution is -2.73. The highest BCUT2D eigenvalue weighted by Crippen LogP contribution is 2.25. The first-order valence-corrected chi connectivity index (χ1v) is 14.7. The average molecular weight is 615 g/mol. The van der Waals surface area contributed by atoms with Gasteiger partial charge in [-0.15, -0.1) is 16.4 Å². The lowest BCUT2D eigenvalue weighted by atomic mass is 9.98. The van der Waals surface area contributed by atoms with Gasteiger partial charge in [-0.25, -0.2) is 14.1 Å². The normalized spacial score (nSPS) is 20.5. The molecule has 0 aliphatic carbocycles. The van der Waals surface area contributed by atoms with Crippen molar-refractivity contribution in [2.45, 2.75) is 44.5 Å². The van der Waals surface area contributed by atoms with Crippen molar-refractivity contribution >= 4 is 50.3 Å². The Hall–Kier alpha value is -3.72. The van der Waals surface area contributed by atoms with Crippen LogP contribution in [0.4, 0.5) is 5.13 Å². The van der Waals surface area contributed by atoms with Crippen LogP contribution in [0.5, 0.6) is 0 Å². The van der Waals surface area contributed by atoms with Crippen LogP contribution in [0.2, 0.25) is 0 Å². The number of hydrogen-bond acceptors (Lipinski definition) is 14. The first-order valence-electron chi connectivity index (χ1n) is 12.4. The number of nitrogens with zero attached hydrogens (tertiary/aromatic N) is 7. The predicted octanol–water partition coefficient (Wildman–Crippen LogP) is -2.45. The zero-order chi connectivity index (χ0) is 29.9. The summed E-state index contributed by atoms with van der Waals surface area (Å²) in [5.41, 5.74) is 3.91. The molecular formula is C21H30N10O8S2. The van der Waals surface area contributed by atoms with Crippen molar-refractivity contribution in [3.05, 3.63) is 23.0 Å². The van der Waals surface area contributed by atoms with E-state index in [2.05, 4.69) is 36.0 Å². The number of carbonyl (C=O) groups excluding carboxylic acids is 2. The van der Waals surface area contributed by atoms with Gasteiger partial charge in [0.15, 0.2) is 10.8 Å². The lowest BCUT2D eigenvalue weighted by Gasteiger charge is -2.43. The fraction of sp³-hybridized carbons (Fsp3) is 0.571. The molecule has 20 heteroatoms. The average Bonchev–Trinajstić information content (AvgIpc) is 3.54. The van der Waals surface area contributed by atoms with Gasteiger partial charge in [0.1, 0.15) is 11.7 Å². The summed E-state index contributed by atoms with van der Waals surface area (Å²) in [5.74, 6) is -3.49. The van der Waals surface area contributed by atoms with Gasteiger partial charge in [0, 0.05) is 50.7 Å². The van der Waals surface area contributed by atoms with Crippen LogP contribution in [-0.4, -0.2) is 121 Å². The number of aromatic nitrogens is 4. The number of hydrogen-bond donors (Lipinski definition) is 5. The molecule has 4 rings (SSSR count). The monoisotopic (exact) mass is 614 g/mol. The Kier molecular flexibility index (Phi) is 8.87. The molecule has 2 fully saturated rings. The molecule has 2 aromatic heterocycles. The van der Waals surface area contributed by atoms with Gasteiger partial charge in [-0.3, -0.25) is 18.8 Å². The first kappa shape index (κ1) is 30.2. The summed E-state index contributed by atoms with van der Waals surface area (Å²) >= 11 is 0.972. The minimum absolute atomic E-state index is 0.0634. The molecule has 2 aromatic rings. The second-order valence-electron chi connectivity index (χ2n) is 9.82. The number of thiazole rings is 1. The fourth-order valence-corrected chi connectivity index (χ4v) is 5.51. The number of nitrogens with one attached hydrogen (secondary N) is 2. The number of nitrogens with two attached hydrogens (primary N) is 1. The number of carbonyl (C=O) groups is 3. The number of rotatable bonds is 12. The second-order valence-corrected chi connectivity index (χ2v) is 12.0. The molecule has 2 aliphatic rings. The number of nitrogen functional groups attached to an aromatic ring is 1. The Bertz CT molecular complexity index is 1430. The molecule has 224 valence electrons. The van der Waals surface area contributed by atoms with E-state index in [4.69, 9.17) is 10.6 Å². The van der Waals surface area contributed by atoms with E-state index in [1.807, 2.05) is 0 Å². The van der Waals surface area contributed by atoms with Gasteiger partial charge in [-0.2, -0.15) is 8.42 Å². The quantitative estimate of drug-likeness (QED) is 0.0721. The maximum absolute atomic E-state index is 13.2. The van der Waals surface area contributed by atoms with Gasteiger partial charge in [0.2, 0.25) is 5.60 Å². The summed E-state index contributed by atoms with van der Waals surface area (Å²) in [4.78, 5) is 48.6. The smallest absolute Gasteiger partial charge is 0.362 e. The van der Waals surface area contributed by atoms with Gasteiger partial charge in [-0.05, 0) is 13.8 Å². The molecule has 0 saturated carbocycles. The predicted molar refractivity (Wildman–Crippen MR) is 143 cm³/mol. The van der Waals surface area contributed by atoms with Gasteiger partial charge >= 0.3 is 16.3 Å². The number of oxime groups is 1. The summed E-state index contributed by atoms with van der Waals surface area (Å²) in [7, 11) is -4.97. The van der Waals surface area contributed by atoms with E-state index >= 15 is 0 Å². The molecule has 41 heavy (non-hydrogen) atoms.